The Labute approximate surface area is 166 Å². The largest absolute Gasteiger partial charge is 0.444 e. The average molecular weight is 401 g/mol. The molecule has 8 heteroatoms. The van der Waals surface area contributed by atoms with Crippen LogP contribution in [0, 0.1) is 5.92 Å². The lowest BCUT2D eigenvalue weighted by atomic mass is 9.81. The number of halogens is 1. The van der Waals surface area contributed by atoms with Crippen LogP contribution in [0.2, 0.25) is 0 Å². The highest BCUT2D eigenvalue weighted by Gasteiger charge is 2.68. The highest BCUT2D eigenvalue weighted by atomic mass is 19.1. The number of amides is 1. The zero-order valence-electron chi connectivity index (χ0n) is 17.8. The molecule has 2 heterocycles. The van der Waals surface area contributed by atoms with Crippen LogP contribution in [-0.2, 0) is 23.7 Å². The standard InChI is InChI=1S/C20H32FNO6/c1-17(2,3)28-16(23)22-12-14-15(13(8-11-21)20(22)9-10-20)27-19(5,25-7)18(4,24-6)26-14/h8,11,13-15H,9-10,12H2,1-7H3/b11-8+. The summed E-state index contributed by atoms with van der Waals surface area (Å²) in [6.45, 7) is 9.21. The molecule has 3 aliphatic rings. The van der Waals surface area contributed by atoms with E-state index in [9.17, 15) is 9.18 Å². The number of methoxy groups -OCH3 is 2. The first kappa shape index (κ1) is 21.5. The number of piperidine rings is 1. The van der Waals surface area contributed by atoms with E-state index in [-0.39, 0.29) is 12.5 Å². The number of carbonyl (C=O) groups excluding carboxylic acids is 1. The monoisotopic (exact) mass is 401 g/mol. The summed E-state index contributed by atoms with van der Waals surface area (Å²) in [7, 11) is 3.03. The van der Waals surface area contributed by atoms with Crippen molar-refractivity contribution in [2.75, 3.05) is 20.8 Å². The van der Waals surface area contributed by atoms with E-state index in [4.69, 9.17) is 23.7 Å². The van der Waals surface area contributed by atoms with Crippen molar-refractivity contribution in [1.82, 2.24) is 4.90 Å². The molecule has 0 aromatic rings. The summed E-state index contributed by atoms with van der Waals surface area (Å²) in [6.07, 6.45) is 2.03. The van der Waals surface area contributed by atoms with Crippen molar-refractivity contribution in [1.29, 1.82) is 0 Å². The summed E-state index contributed by atoms with van der Waals surface area (Å²) in [5.41, 5.74) is -1.17. The zero-order chi connectivity index (χ0) is 21.0. The normalized spacial score (nSPS) is 39.9. The molecule has 5 atom stereocenters. The van der Waals surface area contributed by atoms with Crippen molar-refractivity contribution < 1.29 is 32.9 Å². The van der Waals surface area contributed by atoms with E-state index < -0.39 is 41.0 Å². The molecule has 5 unspecified atom stereocenters. The lowest BCUT2D eigenvalue weighted by Gasteiger charge is -2.58. The van der Waals surface area contributed by atoms with Gasteiger partial charge in [-0.15, -0.1) is 0 Å². The maximum Gasteiger partial charge on any atom is 0.410 e. The molecule has 2 aliphatic heterocycles. The Morgan fingerprint density at radius 3 is 2.18 bits per heavy atom. The van der Waals surface area contributed by atoms with Crippen molar-refractivity contribution >= 4 is 6.09 Å². The fourth-order valence-corrected chi connectivity index (χ4v) is 4.34. The van der Waals surface area contributed by atoms with Crippen LogP contribution >= 0.6 is 0 Å². The fraction of sp³-hybridized carbons (Fsp3) is 0.850. The van der Waals surface area contributed by atoms with Gasteiger partial charge in [-0.3, -0.25) is 4.90 Å². The van der Waals surface area contributed by atoms with E-state index >= 15 is 0 Å². The van der Waals surface area contributed by atoms with Crippen molar-refractivity contribution in [3.63, 3.8) is 0 Å². The summed E-state index contributed by atoms with van der Waals surface area (Å²) >= 11 is 0. The minimum atomic E-state index is -1.19. The molecule has 1 spiro atoms. The van der Waals surface area contributed by atoms with Crippen molar-refractivity contribution in [3.05, 3.63) is 12.4 Å². The third-order valence-corrected chi connectivity index (χ3v) is 6.24. The molecular weight excluding hydrogens is 369 g/mol. The summed E-state index contributed by atoms with van der Waals surface area (Å²) < 4.78 is 42.7. The minimum absolute atomic E-state index is 0.273. The van der Waals surface area contributed by atoms with Crippen molar-refractivity contribution in [3.8, 4) is 0 Å². The molecule has 28 heavy (non-hydrogen) atoms. The third kappa shape index (κ3) is 3.34. The van der Waals surface area contributed by atoms with Gasteiger partial charge in [0.1, 0.15) is 11.7 Å². The molecule has 1 aliphatic carbocycles. The Kier molecular flexibility index (Phi) is 5.32. The van der Waals surface area contributed by atoms with E-state index in [0.717, 1.165) is 12.8 Å². The maximum absolute atomic E-state index is 13.3. The molecule has 0 radical (unpaired) electrons. The smallest absolute Gasteiger partial charge is 0.410 e. The van der Waals surface area contributed by atoms with Gasteiger partial charge in [-0.2, -0.15) is 0 Å². The van der Waals surface area contributed by atoms with Gasteiger partial charge in [-0.05, 0) is 53.5 Å². The van der Waals surface area contributed by atoms with Gasteiger partial charge in [0.25, 0.3) is 0 Å². The molecule has 160 valence electrons. The van der Waals surface area contributed by atoms with Crippen LogP contribution in [0.1, 0.15) is 47.5 Å². The predicted molar refractivity (Wildman–Crippen MR) is 99.2 cm³/mol. The zero-order valence-corrected chi connectivity index (χ0v) is 17.8. The van der Waals surface area contributed by atoms with Gasteiger partial charge < -0.3 is 23.7 Å². The van der Waals surface area contributed by atoms with Gasteiger partial charge in [-0.1, -0.05) is 0 Å². The maximum atomic E-state index is 13.3. The molecule has 2 saturated heterocycles. The minimum Gasteiger partial charge on any atom is -0.444 e. The summed E-state index contributed by atoms with van der Waals surface area (Å²) in [4.78, 5) is 14.6. The number of carbonyl (C=O) groups is 1. The Morgan fingerprint density at radius 1 is 1.14 bits per heavy atom. The second-order valence-corrected chi connectivity index (χ2v) is 9.08. The highest BCUT2D eigenvalue weighted by molar-refractivity contribution is 5.70. The number of hydrogen-bond donors (Lipinski definition) is 0. The molecule has 0 N–H and O–H groups in total. The van der Waals surface area contributed by atoms with Gasteiger partial charge in [0.05, 0.1) is 24.5 Å². The van der Waals surface area contributed by atoms with Crippen LogP contribution in [0.15, 0.2) is 12.4 Å². The molecule has 1 amide bonds. The number of ether oxygens (including phenoxy) is 5. The molecule has 7 nitrogen and oxygen atoms in total. The lowest BCUT2D eigenvalue weighted by Crippen LogP contribution is -2.72. The average Bonchev–Trinajstić information content (AvgIpc) is 3.39. The van der Waals surface area contributed by atoms with Crippen LogP contribution in [0.5, 0.6) is 0 Å². The molecule has 0 aromatic heterocycles. The summed E-state index contributed by atoms with van der Waals surface area (Å²) in [5.74, 6) is -2.77. The fourth-order valence-electron chi connectivity index (χ4n) is 4.34. The van der Waals surface area contributed by atoms with Crippen LogP contribution in [0.25, 0.3) is 0 Å². The first-order valence-corrected chi connectivity index (χ1v) is 9.69. The van der Waals surface area contributed by atoms with E-state index in [0.29, 0.717) is 6.33 Å². The first-order chi connectivity index (χ1) is 13.0. The predicted octanol–water partition coefficient (Wildman–Crippen LogP) is 3.38. The second-order valence-electron chi connectivity index (χ2n) is 9.08. The lowest BCUT2D eigenvalue weighted by molar-refractivity contribution is -0.456. The van der Waals surface area contributed by atoms with Gasteiger partial charge >= 0.3 is 6.09 Å². The van der Waals surface area contributed by atoms with E-state index in [2.05, 4.69) is 0 Å². The molecule has 0 aromatic carbocycles. The Morgan fingerprint density at radius 2 is 1.71 bits per heavy atom. The number of rotatable bonds is 3. The Bertz CT molecular complexity index is 645. The highest BCUT2D eigenvalue weighted by Crippen LogP contribution is 2.56. The van der Waals surface area contributed by atoms with Gasteiger partial charge in [0, 0.05) is 20.1 Å². The van der Waals surface area contributed by atoms with Crippen LogP contribution in [0.3, 0.4) is 0 Å². The number of hydrogen-bond acceptors (Lipinski definition) is 6. The summed E-state index contributed by atoms with van der Waals surface area (Å²) in [5, 5.41) is 0. The van der Waals surface area contributed by atoms with Gasteiger partial charge in [-0.25, -0.2) is 9.18 Å². The van der Waals surface area contributed by atoms with Crippen molar-refractivity contribution in [2.24, 2.45) is 5.92 Å². The van der Waals surface area contributed by atoms with E-state index in [1.165, 1.54) is 20.3 Å². The number of likely N-dealkylation sites (tertiary alicyclic amines) is 1. The molecule has 1 saturated carbocycles. The van der Waals surface area contributed by atoms with Crippen LogP contribution in [0.4, 0.5) is 9.18 Å². The van der Waals surface area contributed by atoms with Gasteiger partial charge in [0.15, 0.2) is 0 Å². The second kappa shape index (κ2) is 6.93. The van der Waals surface area contributed by atoms with E-state index in [1.54, 1.807) is 18.7 Å². The van der Waals surface area contributed by atoms with Gasteiger partial charge in [0.2, 0.25) is 11.6 Å². The number of fused-ring (bicyclic) bond motifs is 1. The Balaban J connectivity index is 1.96. The summed E-state index contributed by atoms with van der Waals surface area (Å²) in [6, 6.07) is 0. The number of nitrogens with zero attached hydrogens (tertiary/aromatic N) is 1. The Hall–Kier alpha value is -1.22. The SMILES string of the molecule is COC1(C)OC2CN(C(=O)OC(C)(C)C)C3(CC3)C(/C=C/F)C2OC1(C)OC. The quantitative estimate of drug-likeness (QED) is 0.722. The first-order valence-electron chi connectivity index (χ1n) is 9.69. The topological polar surface area (TPSA) is 66.5 Å². The molecular formula is C20H32FNO6. The molecule has 0 bridgehead atoms. The third-order valence-electron chi connectivity index (χ3n) is 6.24. The van der Waals surface area contributed by atoms with Crippen molar-refractivity contribution in [2.45, 2.75) is 82.4 Å². The van der Waals surface area contributed by atoms with Crippen LogP contribution in [-0.4, -0.2) is 66.7 Å². The molecule has 3 rings (SSSR count). The molecule has 3 fully saturated rings. The van der Waals surface area contributed by atoms with Crippen LogP contribution < -0.4 is 0 Å². The van der Waals surface area contributed by atoms with E-state index in [1.807, 2.05) is 20.8 Å².